The van der Waals surface area contributed by atoms with Crippen molar-refractivity contribution in [2.45, 2.75) is 46.2 Å². The average Bonchev–Trinajstić information content (AvgIpc) is 3.33. The predicted octanol–water partition coefficient (Wildman–Crippen LogP) is 4.29. The van der Waals surface area contributed by atoms with E-state index >= 15 is 0 Å². The van der Waals surface area contributed by atoms with Gasteiger partial charge in [-0.2, -0.15) is 5.10 Å². The van der Waals surface area contributed by atoms with Gasteiger partial charge >= 0.3 is 0 Å². The largest absolute Gasteiger partial charge is 0.494 e. The molecule has 0 saturated heterocycles. The van der Waals surface area contributed by atoms with Crippen LogP contribution in [0.15, 0.2) is 29.6 Å². The van der Waals surface area contributed by atoms with Crippen LogP contribution >= 0.6 is 23.6 Å². The van der Waals surface area contributed by atoms with Gasteiger partial charge in [-0.3, -0.25) is 14.5 Å². The van der Waals surface area contributed by atoms with E-state index in [1.54, 1.807) is 11.3 Å². The number of aromatic amines is 1. The normalized spacial score (nSPS) is 11.0. The number of hydrogen-bond donors (Lipinski definition) is 2. The molecule has 0 unspecified atom stereocenters. The lowest BCUT2D eigenvalue weighted by molar-refractivity contribution is -0.121. The van der Waals surface area contributed by atoms with Crippen molar-refractivity contribution in [3.63, 3.8) is 0 Å². The molecule has 3 aromatic rings. The number of hydrogen-bond acceptors (Lipinski definition) is 6. The van der Waals surface area contributed by atoms with E-state index in [-0.39, 0.29) is 5.91 Å². The molecule has 29 heavy (non-hydrogen) atoms. The zero-order valence-electron chi connectivity index (χ0n) is 16.8. The first kappa shape index (κ1) is 21.2. The second-order valence-electron chi connectivity index (χ2n) is 6.82. The van der Waals surface area contributed by atoms with Crippen LogP contribution in [0, 0.1) is 4.77 Å². The Hall–Kier alpha value is -2.52. The SMILES string of the molecule is CCOc1ccc(-c2n[nH]c(=S)n2CCC(=O)NCc2csc(C(C)C)n2)cc1. The third kappa shape index (κ3) is 5.51. The molecule has 7 nitrogen and oxygen atoms in total. The summed E-state index contributed by atoms with van der Waals surface area (Å²) in [5.74, 6) is 1.85. The number of carbonyl (C=O) groups excluding carboxylic acids is 1. The molecular formula is C20H25N5O2S2. The van der Waals surface area contributed by atoms with Crippen LogP contribution in [0.25, 0.3) is 11.4 Å². The predicted molar refractivity (Wildman–Crippen MR) is 117 cm³/mol. The number of rotatable bonds is 9. The molecule has 0 bridgehead atoms. The molecule has 0 spiro atoms. The fraction of sp³-hybridized carbons (Fsp3) is 0.400. The first-order valence-electron chi connectivity index (χ1n) is 9.57. The number of H-pyrrole nitrogens is 1. The van der Waals surface area contributed by atoms with Crippen LogP contribution in [0.5, 0.6) is 5.75 Å². The highest BCUT2D eigenvalue weighted by molar-refractivity contribution is 7.71. The lowest BCUT2D eigenvalue weighted by atomic mass is 10.2. The smallest absolute Gasteiger partial charge is 0.222 e. The summed E-state index contributed by atoms with van der Waals surface area (Å²) in [7, 11) is 0. The third-order valence-electron chi connectivity index (χ3n) is 4.27. The highest BCUT2D eigenvalue weighted by atomic mass is 32.1. The zero-order valence-corrected chi connectivity index (χ0v) is 18.4. The van der Waals surface area contributed by atoms with Crippen LogP contribution in [0.4, 0.5) is 0 Å². The Balaban J connectivity index is 1.59. The molecule has 154 valence electrons. The highest BCUT2D eigenvalue weighted by Gasteiger charge is 2.12. The number of aromatic nitrogens is 4. The number of benzene rings is 1. The van der Waals surface area contributed by atoms with Crippen LogP contribution in [-0.4, -0.2) is 32.3 Å². The van der Waals surface area contributed by atoms with Gasteiger partial charge in [0.05, 0.1) is 23.9 Å². The summed E-state index contributed by atoms with van der Waals surface area (Å²) in [4.78, 5) is 16.8. The minimum absolute atomic E-state index is 0.0511. The fourth-order valence-electron chi connectivity index (χ4n) is 2.77. The Morgan fingerprint density at radius 3 is 2.76 bits per heavy atom. The Kier molecular flexibility index (Phi) is 7.16. The second-order valence-corrected chi connectivity index (χ2v) is 8.10. The minimum Gasteiger partial charge on any atom is -0.494 e. The van der Waals surface area contributed by atoms with E-state index in [0.29, 0.717) is 42.6 Å². The van der Waals surface area contributed by atoms with E-state index in [2.05, 4.69) is 34.3 Å². The lowest BCUT2D eigenvalue weighted by Crippen LogP contribution is -2.24. The average molecular weight is 432 g/mol. The standard InChI is InChI=1S/C20H25N5O2S2/c1-4-27-16-7-5-14(6-8-16)18-23-24-20(28)25(18)10-9-17(26)21-11-15-12-29-19(22-15)13(2)3/h5-8,12-13H,4,9-11H2,1-3H3,(H,21,26)(H,24,28). The number of carbonyl (C=O) groups is 1. The van der Waals surface area contributed by atoms with E-state index in [9.17, 15) is 4.79 Å². The topological polar surface area (TPSA) is 84.8 Å². The van der Waals surface area contributed by atoms with E-state index in [4.69, 9.17) is 17.0 Å². The first-order valence-corrected chi connectivity index (χ1v) is 10.9. The van der Waals surface area contributed by atoms with E-state index < -0.39 is 0 Å². The van der Waals surface area contributed by atoms with Crippen molar-refractivity contribution < 1.29 is 9.53 Å². The van der Waals surface area contributed by atoms with Crippen LogP contribution < -0.4 is 10.1 Å². The summed E-state index contributed by atoms with van der Waals surface area (Å²) >= 11 is 6.96. The minimum atomic E-state index is -0.0511. The van der Waals surface area contributed by atoms with Crippen molar-refractivity contribution in [2.75, 3.05) is 6.61 Å². The molecule has 0 aliphatic heterocycles. The Labute approximate surface area is 179 Å². The van der Waals surface area contributed by atoms with Gasteiger partial charge in [0.15, 0.2) is 10.6 Å². The maximum atomic E-state index is 12.3. The van der Waals surface area contributed by atoms with Crippen molar-refractivity contribution >= 4 is 29.5 Å². The van der Waals surface area contributed by atoms with Gasteiger partial charge in [0.1, 0.15) is 5.75 Å². The van der Waals surface area contributed by atoms with Crippen molar-refractivity contribution in [1.82, 2.24) is 25.1 Å². The Morgan fingerprint density at radius 1 is 1.34 bits per heavy atom. The molecule has 1 aromatic carbocycles. The molecule has 0 atom stereocenters. The number of thiazole rings is 1. The van der Waals surface area contributed by atoms with Crippen molar-refractivity contribution in [3.05, 3.63) is 45.1 Å². The van der Waals surface area contributed by atoms with Crippen molar-refractivity contribution in [2.24, 2.45) is 0 Å². The first-order chi connectivity index (χ1) is 14.0. The van der Waals surface area contributed by atoms with Crippen LogP contribution in [0.1, 0.15) is 43.8 Å². The van der Waals surface area contributed by atoms with Gasteiger partial charge < -0.3 is 10.1 Å². The monoisotopic (exact) mass is 431 g/mol. The van der Waals surface area contributed by atoms with Gasteiger partial charge in [0.2, 0.25) is 5.91 Å². The highest BCUT2D eigenvalue weighted by Crippen LogP contribution is 2.22. The summed E-state index contributed by atoms with van der Waals surface area (Å²) in [6.07, 6.45) is 0.305. The van der Waals surface area contributed by atoms with Crippen LogP contribution in [-0.2, 0) is 17.9 Å². The van der Waals surface area contributed by atoms with Crippen molar-refractivity contribution in [1.29, 1.82) is 0 Å². The van der Waals surface area contributed by atoms with Gasteiger partial charge in [-0.15, -0.1) is 11.3 Å². The Bertz CT molecular complexity index is 1000. The fourth-order valence-corrected chi connectivity index (χ4v) is 3.83. The maximum Gasteiger partial charge on any atom is 0.222 e. The molecule has 0 saturated carbocycles. The van der Waals surface area contributed by atoms with Crippen LogP contribution in [0.3, 0.4) is 0 Å². The zero-order chi connectivity index (χ0) is 20.8. The molecule has 2 N–H and O–H groups in total. The van der Waals surface area contributed by atoms with E-state index in [1.807, 2.05) is 41.1 Å². The number of nitrogens with zero attached hydrogens (tertiary/aromatic N) is 3. The van der Waals surface area contributed by atoms with Crippen molar-refractivity contribution in [3.8, 4) is 17.1 Å². The number of nitrogens with one attached hydrogen (secondary N) is 2. The molecule has 0 fully saturated rings. The molecule has 3 rings (SSSR count). The van der Waals surface area contributed by atoms with Gasteiger partial charge in [-0.25, -0.2) is 4.98 Å². The van der Waals surface area contributed by atoms with Gasteiger partial charge in [0, 0.05) is 29.8 Å². The van der Waals surface area contributed by atoms with Crippen LogP contribution in [0.2, 0.25) is 0 Å². The molecule has 0 aliphatic rings. The summed E-state index contributed by atoms with van der Waals surface area (Å²) < 4.78 is 7.80. The lowest BCUT2D eigenvalue weighted by Gasteiger charge is -2.08. The molecule has 9 heteroatoms. The Morgan fingerprint density at radius 2 is 2.10 bits per heavy atom. The van der Waals surface area contributed by atoms with Gasteiger partial charge in [-0.05, 0) is 43.4 Å². The molecule has 2 aromatic heterocycles. The summed E-state index contributed by atoms with van der Waals surface area (Å²) in [5.41, 5.74) is 1.80. The molecule has 2 heterocycles. The van der Waals surface area contributed by atoms with E-state index in [0.717, 1.165) is 22.0 Å². The second kappa shape index (κ2) is 9.80. The summed E-state index contributed by atoms with van der Waals surface area (Å²) in [5, 5.41) is 13.1. The summed E-state index contributed by atoms with van der Waals surface area (Å²) in [6, 6.07) is 7.65. The summed E-state index contributed by atoms with van der Waals surface area (Å²) in [6.45, 7) is 7.66. The molecule has 0 aliphatic carbocycles. The number of amides is 1. The maximum absolute atomic E-state index is 12.3. The molecular weight excluding hydrogens is 406 g/mol. The van der Waals surface area contributed by atoms with Gasteiger partial charge in [0.25, 0.3) is 0 Å². The van der Waals surface area contributed by atoms with E-state index in [1.165, 1.54) is 0 Å². The van der Waals surface area contributed by atoms with Gasteiger partial charge in [-0.1, -0.05) is 13.8 Å². The quantitative estimate of drug-likeness (QED) is 0.494. The number of ether oxygens (including phenoxy) is 1. The molecule has 1 amide bonds. The third-order valence-corrected chi connectivity index (χ3v) is 5.78. The molecule has 0 radical (unpaired) electrons.